The van der Waals surface area contributed by atoms with E-state index in [1.807, 2.05) is 30.3 Å². The van der Waals surface area contributed by atoms with E-state index in [9.17, 15) is 9.90 Å². The fourth-order valence-corrected chi connectivity index (χ4v) is 2.95. The molecule has 6 heteroatoms. The molecule has 0 aliphatic rings. The number of hydrogen-bond donors (Lipinski definition) is 1. The molecule has 6 nitrogen and oxygen atoms in total. The molecule has 0 bridgehead atoms. The summed E-state index contributed by atoms with van der Waals surface area (Å²) in [6.45, 7) is 0.233. The molecule has 0 spiro atoms. The first-order valence-corrected chi connectivity index (χ1v) is 8.25. The van der Waals surface area contributed by atoms with Gasteiger partial charge in [-0.1, -0.05) is 30.3 Å². The van der Waals surface area contributed by atoms with Gasteiger partial charge in [-0.05, 0) is 23.1 Å². The van der Waals surface area contributed by atoms with E-state index in [1.165, 1.54) is 14.2 Å². The largest absolute Gasteiger partial charge is 0.497 e. The highest BCUT2D eigenvalue weighted by Crippen LogP contribution is 2.43. The van der Waals surface area contributed by atoms with Gasteiger partial charge in [0.05, 0.1) is 26.7 Å². The molecule has 0 atom stereocenters. The van der Waals surface area contributed by atoms with E-state index in [0.717, 1.165) is 5.56 Å². The average Bonchev–Trinajstić information content (AvgIpc) is 2.70. The molecule has 0 unspecified atom stereocenters. The van der Waals surface area contributed by atoms with Gasteiger partial charge in [0.1, 0.15) is 35.2 Å². The maximum absolute atomic E-state index is 12.0. The summed E-state index contributed by atoms with van der Waals surface area (Å²) in [6, 6.07) is 14.6. The molecule has 0 aliphatic heterocycles. The number of carbonyl (C=O) groups is 1. The first-order valence-electron chi connectivity index (χ1n) is 8.25. The van der Waals surface area contributed by atoms with Crippen molar-refractivity contribution in [3.8, 4) is 23.0 Å². The van der Waals surface area contributed by atoms with Crippen LogP contribution in [0.1, 0.15) is 15.9 Å². The Kier molecular flexibility index (Phi) is 5.35. The maximum Gasteiger partial charge on any atom is 0.343 e. The van der Waals surface area contributed by atoms with Crippen LogP contribution >= 0.6 is 0 Å². The van der Waals surface area contributed by atoms with Crippen LogP contribution in [-0.4, -0.2) is 32.4 Å². The number of fused-ring (bicyclic) bond motifs is 1. The van der Waals surface area contributed by atoms with E-state index in [-0.39, 0.29) is 23.7 Å². The Bertz CT molecular complexity index is 966. The van der Waals surface area contributed by atoms with Crippen LogP contribution in [-0.2, 0) is 6.61 Å². The standard InChI is InChI=1S/C21H20O6/c1-24-15-9-14-10-17(27-12-13-7-5-4-6-8-13)19(21(22)23)20(26-3)18(14)16(11-15)25-2/h4-11H,12H2,1-3H3,(H,22,23). The Morgan fingerprint density at radius 2 is 1.67 bits per heavy atom. The molecule has 27 heavy (non-hydrogen) atoms. The van der Waals surface area contributed by atoms with Crippen molar-refractivity contribution in [2.75, 3.05) is 21.3 Å². The van der Waals surface area contributed by atoms with Gasteiger partial charge in [-0.3, -0.25) is 0 Å². The van der Waals surface area contributed by atoms with Crippen LogP contribution < -0.4 is 18.9 Å². The van der Waals surface area contributed by atoms with Gasteiger partial charge < -0.3 is 24.1 Å². The van der Waals surface area contributed by atoms with Crippen LogP contribution in [0.25, 0.3) is 10.8 Å². The van der Waals surface area contributed by atoms with Crippen LogP contribution in [0.4, 0.5) is 0 Å². The van der Waals surface area contributed by atoms with E-state index < -0.39 is 5.97 Å². The van der Waals surface area contributed by atoms with Crippen LogP contribution in [0.15, 0.2) is 48.5 Å². The van der Waals surface area contributed by atoms with E-state index in [1.54, 1.807) is 25.3 Å². The van der Waals surface area contributed by atoms with Gasteiger partial charge in [-0.15, -0.1) is 0 Å². The summed E-state index contributed by atoms with van der Waals surface area (Å²) < 4.78 is 22.0. The van der Waals surface area contributed by atoms with Crippen molar-refractivity contribution in [1.29, 1.82) is 0 Å². The fraction of sp³-hybridized carbons (Fsp3) is 0.190. The molecule has 3 aromatic rings. The number of carboxylic acids is 1. The van der Waals surface area contributed by atoms with Crippen LogP contribution in [0.2, 0.25) is 0 Å². The first kappa shape index (κ1) is 18.4. The van der Waals surface area contributed by atoms with Gasteiger partial charge in [-0.25, -0.2) is 4.79 Å². The number of ether oxygens (including phenoxy) is 4. The third-order valence-electron chi connectivity index (χ3n) is 4.20. The summed E-state index contributed by atoms with van der Waals surface area (Å²) in [6.07, 6.45) is 0. The van der Waals surface area contributed by atoms with Gasteiger partial charge in [0.2, 0.25) is 0 Å². The van der Waals surface area contributed by atoms with Crippen LogP contribution in [0.3, 0.4) is 0 Å². The van der Waals surface area contributed by atoms with Gasteiger partial charge in [-0.2, -0.15) is 0 Å². The summed E-state index contributed by atoms with van der Waals surface area (Å²) in [5, 5.41) is 11.0. The number of carboxylic acid groups (broad SMARTS) is 1. The fourth-order valence-electron chi connectivity index (χ4n) is 2.95. The molecule has 1 N–H and O–H groups in total. The van der Waals surface area contributed by atoms with E-state index in [2.05, 4.69) is 0 Å². The van der Waals surface area contributed by atoms with Gasteiger partial charge in [0, 0.05) is 6.07 Å². The summed E-state index contributed by atoms with van der Waals surface area (Å²) in [7, 11) is 4.48. The van der Waals surface area contributed by atoms with E-state index in [0.29, 0.717) is 22.3 Å². The Hall–Kier alpha value is -3.41. The predicted molar refractivity (Wildman–Crippen MR) is 101 cm³/mol. The first-order chi connectivity index (χ1) is 13.1. The van der Waals surface area contributed by atoms with Crippen molar-refractivity contribution in [1.82, 2.24) is 0 Å². The minimum atomic E-state index is -1.14. The number of rotatable bonds is 7. The lowest BCUT2D eigenvalue weighted by Gasteiger charge is -2.17. The number of benzene rings is 3. The van der Waals surface area contributed by atoms with Crippen molar-refractivity contribution < 1.29 is 28.8 Å². The smallest absolute Gasteiger partial charge is 0.343 e. The summed E-state index contributed by atoms with van der Waals surface area (Å²) in [4.78, 5) is 12.0. The number of methoxy groups -OCH3 is 3. The molecular formula is C21H20O6. The Labute approximate surface area is 156 Å². The van der Waals surface area contributed by atoms with E-state index in [4.69, 9.17) is 18.9 Å². The highest BCUT2D eigenvalue weighted by Gasteiger charge is 2.24. The van der Waals surface area contributed by atoms with Crippen molar-refractivity contribution in [3.05, 3.63) is 59.7 Å². The predicted octanol–water partition coefficient (Wildman–Crippen LogP) is 4.14. The molecule has 0 fully saturated rings. The minimum Gasteiger partial charge on any atom is -0.497 e. The maximum atomic E-state index is 12.0. The van der Waals surface area contributed by atoms with E-state index >= 15 is 0 Å². The SMILES string of the molecule is COc1cc(OC)c2c(OC)c(C(=O)O)c(OCc3ccccc3)cc2c1. The lowest BCUT2D eigenvalue weighted by Crippen LogP contribution is -2.07. The Morgan fingerprint density at radius 1 is 0.926 bits per heavy atom. The molecule has 0 aromatic heterocycles. The van der Waals surface area contributed by atoms with Crippen molar-refractivity contribution >= 4 is 16.7 Å². The molecule has 140 valence electrons. The highest BCUT2D eigenvalue weighted by molar-refractivity contribution is 6.06. The Morgan fingerprint density at radius 3 is 2.26 bits per heavy atom. The van der Waals surface area contributed by atoms with Crippen LogP contribution in [0, 0.1) is 0 Å². The molecule has 0 saturated carbocycles. The van der Waals surface area contributed by atoms with Crippen molar-refractivity contribution in [2.24, 2.45) is 0 Å². The summed E-state index contributed by atoms with van der Waals surface area (Å²) in [5.41, 5.74) is 0.875. The minimum absolute atomic E-state index is 0.0515. The second-order valence-corrected chi connectivity index (χ2v) is 5.79. The second kappa shape index (κ2) is 7.86. The van der Waals surface area contributed by atoms with Gasteiger partial charge >= 0.3 is 5.97 Å². The normalized spacial score (nSPS) is 10.5. The summed E-state index contributed by atoms with van der Waals surface area (Å²) >= 11 is 0. The average molecular weight is 368 g/mol. The zero-order valence-electron chi connectivity index (χ0n) is 15.3. The lowest BCUT2D eigenvalue weighted by molar-refractivity contribution is 0.0688. The van der Waals surface area contributed by atoms with Crippen LogP contribution in [0.5, 0.6) is 23.0 Å². The van der Waals surface area contributed by atoms with Crippen molar-refractivity contribution in [2.45, 2.75) is 6.61 Å². The molecule has 3 aromatic carbocycles. The second-order valence-electron chi connectivity index (χ2n) is 5.79. The topological polar surface area (TPSA) is 74.2 Å². The highest BCUT2D eigenvalue weighted by atomic mass is 16.5. The third-order valence-corrected chi connectivity index (χ3v) is 4.20. The zero-order chi connectivity index (χ0) is 19.4. The quantitative estimate of drug-likeness (QED) is 0.675. The molecule has 0 radical (unpaired) electrons. The third kappa shape index (κ3) is 3.60. The molecule has 0 heterocycles. The van der Waals surface area contributed by atoms with Crippen molar-refractivity contribution in [3.63, 3.8) is 0 Å². The van der Waals surface area contributed by atoms with Gasteiger partial charge in [0.25, 0.3) is 0 Å². The summed E-state index contributed by atoms with van der Waals surface area (Å²) in [5.74, 6) is 0.292. The molecule has 3 rings (SSSR count). The zero-order valence-corrected chi connectivity index (χ0v) is 15.3. The molecule has 0 aliphatic carbocycles. The Balaban J connectivity index is 2.19. The lowest BCUT2D eigenvalue weighted by atomic mass is 10.0. The molecule has 0 saturated heterocycles. The number of aromatic carboxylic acids is 1. The monoisotopic (exact) mass is 368 g/mol. The molecular weight excluding hydrogens is 348 g/mol. The number of hydrogen-bond acceptors (Lipinski definition) is 5. The molecule has 0 amide bonds. The van der Waals surface area contributed by atoms with Gasteiger partial charge in [0.15, 0.2) is 0 Å².